The van der Waals surface area contributed by atoms with Crippen LogP contribution in [0.1, 0.15) is 30.8 Å². The molecule has 8 heteroatoms. The van der Waals surface area contributed by atoms with Gasteiger partial charge in [0.1, 0.15) is 11.6 Å². The summed E-state index contributed by atoms with van der Waals surface area (Å²) < 4.78 is 40.8. The Bertz CT molecular complexity index is 706. The summed E-state index contributed by atoms with van der Waals surface area (Å²) in [6.45, 7) is 3.30. The average molecular weight is 312 g/mol. The van der Waals surface area contributed by atoms with Crippen molar-refractivity contribution in [3.63, 3.8) is 0 Å². The summed E-state index contributed by atoms with van der Waals surface area (Å²) >= 11 is 0. The summed E-state index contributed by atoms with van der Waals surface area (Å²) in [7, 11) is -3.82. The molecule has 0 aliphatic rings. The summed E-state index contributed by atoms with van der Waals surface area (Å²) in [6, 6.07) is 1.87. The Labute approximate surface area is 122 Å². The van der Waals surface area contributed by atoms with Crippen molar-refractivity contribution in [1.82, 2.24) is 14.7 Å². The first-order valence-electron chi connectivity index (χ1n) is 6.42. The van der Waals surface area contributed by atoms with Gasteiger partial charge in [-0.25, -0.2) is 22.5 Å². The minimum atomic E-state index is -3.82. The summed E-state index contributed by atoms with van der Waals surface area (Å²) in [5.41, 5.74) is 5.48. The van der Waals surface area contributed by atoms with Gasteiger partial charge in [0.2, 0.25) is 10.0 Å². The zero-order valence-electron chi connectivity index (χ0n) is 11.7. The number of nitrogens with one attached hydrogen (secondary N) is 2. The van der Waals surface area contributed by atoms with E-state index in [1.807, 2.05) is 6.92 Å². The standard InChI is InChI=1S/C13H17FN4O2S/c1-3-11(13-16-4-5-17-13)18-21(19,20)9-6-8(2)12(14)10(15)7-9/h4-7,11,18H,3,15H2,1-2H3,(H,16,17). The number of benzene rings is 1. The monoisotopic (exact) mass is 312 g/mol. The normalized spacial score (nSPS) is 13.3. The number of sulfonamides is 1. The van der Waals surface area contributed by atoms with E-state index in [9.17, 15) is 12.8 Å². The van der Waals surface area contributed by atoms with E-state index in [2.05, 4.69) is 14.7 Å². The van der Waals surface area contributed by atoms with Crippen LogP contribution in [0.4, 0.5) is 10.1 Å². The van der Waals surface area contributed by atoms with Crippen LogP contribution >= 0.6 is 0 Å². The molecule has 1 aromatic heterocycles. The van der Waals surface area contributed by atoms with Gasteiger partial charge < -0.3 is 10.7 Å². The van der Waals surface area contributed by atoms with Crippen molar-refractivity contribution in [2.75, 3.05) is 5.73 Å². The molecule has 1 unspecified atom stereocenters. The largest absolute Gasteiger partial charge is 0.396 e. The van der Waals surface area contributed by atoms with Crippen molar-refractivity contribution in [3.8, 4) is 0 Å². The molecule has 1 atom stereocenters. The lowest BCUT2D eigenvalue weighted by atomic mass is 10.2. The first-order chi connectivity index (χ1) is 9.85. The van der Waals surface area contributed by atoms with Crippen molar-refractivity contribution < 1.29 is 12.8 Å². The maximum Gasteiger partial charge on any atom is 0.241 e. The number of H-pyrrole nitrogens is 1. The third-order valence-corrected chi connectivity index (χ3v) is 4.57. The highest BCUT2D eigenvalue weighted by Crippen LogP contribution is 2.23. The number of aromatic amines is 1. The van der Waals surface area contributed by atoms with Gasteiger partial charge in [0.15, 0.2) is 0 Å². The van der Waals surface area contributed by atoms with Gasteiger partial charge in [0.05, 0.1) is 16.6 Å². The summed E-state index contributed by atoms with van der Waals surface area (Å²) in [5, 5.41) is 0. The molecule has 1 aromatic carbocycles. The van der Waals surface area contributed by atoms with E-state index in [0.717, 1.165) is 6.07 Å². The molecule has 114 valence electrons. The van der Waals surface area contributed by atoms with Gasteiger partial charge in [-0.15, -0.1) is 0 Å². The van der Waals surface area contributed by atoms with Crippen molar-refractivity contribution >= 4 is 15.7 Å². The molecule has 0 saturated carbocycles. The second kappa shape index (κ2) is 5.82. The van der Waals surface area contributed by atoms with E-state index in [-0.39, 0.29) is 16.1 Å². The van der Waals surface area contributed by atoms with E-state index in [4.69, 9.17) is 5.73 Å². The number of hydrogen-bond donors (Lipinski definition) is 3. The number of halogens is 1. The van der Waals surface area contributed by atoms with Crippen LogP contribution in [-0.2, 0) is 10.0 Å². The Balaban J connectivity index is 2.34. The molecule has 6 nitrogen and oxygen atoms in total. The lowest BCUT2D eigenvalue weighted by molar-refractivity contribution is 0.539. The van der Waals surface area contributed by atoms with E-state index in [0.29, 0.717) is 12.2 Å². The minimum absolute atomic E-state index is 0.0658. The van der Waals surface area contributed by atoms with Crippen LogP contribution < -0.4 is 10.5 Å². The zero-order chi connectivity index (χ0) is 15.6. The minimum Gasteiger partial charge on any atom is -0.396 e. The summed E-state index contributed by atoms with van der Waals surface area (Å²) in [6.07, 6.45) is 3.68. The fourth-order valence-electron chi connectivity index (χ4n) is 1.97. The second-order valence-electron chi connectivity index (χ2n) is 4.70. The average Bonchev–Trinajstić information content (AvgIpc) is 2.95. The zero-order valence-corrected chi connectivity index (χ0v) is 12.5. The van der Waals surface area contributed by atoms with Crippen LogP contribution in [-0.4, -0.2) is 18.4 Å². The number of nitrogens with two attached hydrogens (primary N) is 1. The smallest absolute Gasteiger partial charge is 0.241 e. The molecular formula is C13H17FN4O2S. The number of nitrogen functional groups attached to an aromatic ring is 1. The molecule has 0 spiro atoms. The SMILES string of the molecule is CCC(NS(=O)(=O)c1cc(C)c(F)c(N)c1)c1ncc[nH]1. The van der Waals surface area contributed by atoms with E-state index in [1.54, 1.807) is 12.4 Å². The number of anilines is 1. The van der Waals surface area contributed by atoms with E-state index in [1.165, 1.54) is 13.0 Å². The van der Waals surface area contributed by atoms with Gasteiger partial charge >= 0.3 is 0 Å². The highest BCUT2D eigenvalue weighted by molar-refractivity contribution is 7.89. The Morgan fingerprint density at radius 2 is 2.19 bits per heavy atom. The van der Waals surface area contributed by atoms with E-state index < -0.39 is 21.9 Å². The van der Waals surface area contributed by atoms with Gasteiger partial charge in [-0.05, 0) is 31.0 Å². The molecule has 0 aliphatic carbocycles. The Hall–Kier alpha value is -1.93. The molecule has 0 amide bonds. The topological polar surface area (TPSA) is 101 Å². The van der Waals surface area contributed by atoms with E-state index >= 15 is 0 Å². The molecule has 0 fully saturated rings. The summed E-state index contributed by atoms with van der Waals surface area (Å²) in [5.74, 6) is -0.0834. The second-order valence-corrected chi connectivity index (χ2v) is 6.41. The number of rotatable bonds is 5. The van der Waals surface area contributed by atoms with Crippen LogP contribution in [0.25, 0.3) is 0 Å². The van der Waals surface area contributed by atoms with Gasteiger partial charge in [-0.3, -0.25) is 0 Å². The van der Waals surface area contributed by atoms with Gasteiger partial charge in [-0.1, -0.05) is 6.92 Å². The highest BCUT2D eigenvalue weighted by atomic mass is 32.2. The third-order valence-electron chi connectivity index (χ3n) is 3.12. The molecule has 21 heavy (non-hydrogen) atoms. The molecule has 0 aliphatic heterocycles. The van der Waals surface area contributed by atoms with Gasteiger partial charge in [0.25, 0.3) is 0 Å². The molecule has 0 radical (unpaired) electrons. The predicted molar refractivity (Wildman–Crippen MR) is 77.5 cm³/mol. The lowest BCUT2D eigenvalue weighted by Gasteiger charge is -2.16. The van der Waals surface area contributed by atoms with Crippen LogP contribution in [0.3, 0.4) is 0 Å². The molecule has 2 aromatic rings. The molecule has 1 heterocycles. The Kier molecular flexibility index (Phi) is 4.29. The van der Waals surface area contributed by atoms with Crippen LogP contribution in [0.2, 0.25) is 0 Å². The summed E-state index contributed by atoms with van der Waals surface area (Å²) in [4.78, 5) is 6.85. The van der Waals surface area contributed by atoms with Crippen molar-refractivity contribution in [2.24, 2.45) is 0 Å². The van der Waals surface area contributed by atoms with Crippen molar-refractivity contribution in [1.29, 1.82) is 0 Å². The molecule has 0 bridgehead atoms. The molecule has 2 rings (SSSR count). The van der Waals surface area contributed by atoms with Gasteiger partial charge in [0, 0.05) is 12.4 Å². The fraction of sp³-hybridized carbons (Fsp3) is 0.308. The molecule has 0 saturated heterocycles. The van der Waals surface area contributed by atoms with Crippen molar-refractivity contribution in [3.05, 3.63) is 41.7 Å². The highest BCUT2D eigenvalue weighted by Gasteiger charge is 2.23. The predicted octanol–water partition coefficient (Wildman–Crippen LogP) is 1.87. The van der Waals surface area contributed by atoms with Crippen LogP contribution in [0.5, 0.6) is 0 Å². The Morgan fingerprint density at radius 1 is 1.48 bits per heavy atom. The van der Waals surface area contributed by atoms with Crippen LogP contribution in [0.15, 0.2) is 29.4 Å². The number of nitrogens with zero attached hydrogens (tertiary/aromatic N) is 1. The first kappa shape index (κ1) is 15.5. The number of aromatic nitrogens is 2. The molecular weight excluding hydrogens is 295 g/mol. The maximum absolute atomic E-state index is 13.5. The Morgan fingerprint density at radius 3 is 2.71 bits per heavy atom. The quantitative estimate of drug-likeness (QED) is 0.734. The fourth-order valence-corrected chi connectivity index (χ4v) is 3.38. The number of aryl methyl sites for hydroxylation is 1. The number of imidazole rings is 1. The van der Waals surface area contributed by atoms with Crippen molar-refractivity contribution in [2.45, 2.75) is 31.2 Å². The molecule has 4 N–H and O–H groups in total. The van der Waals surface area contributed by atoms with Gasteiger partial charge in [-0.2, -0.15) is 0 Å². The first-order valence-corrected chi connectivity index (χ1v) is 7.90. The lowest BCUT2D eigenvalue weighted by Crippen LogP contribution is -2.29. The maximum atomic E-state index is 13.5. The number of hydrogen-bond acceptors (Lipinski definition) is 4. The van der Waals surface area contributed by atoms with Crippen LogP contribution in [0, 0.1) is 12.7 Å². The third kappa shape index (κ3) is 3.22.